The van der Waals surface area contributed by atoms with Gasteiger partial charge in [0.15, 0.2) is 0 Å². The van der Waals surface area contributed by atoms with Crippen LogP contribution in [0.5, 0.6) is 0 Å². The molecule has 0 saturated carbocycles. The second-order valence-corrected chi connectivity index (χ2v) is 7.35. The Hall–Kier alpha value is -2.13. The minimum Gasteiger partial charge on any atom is -0.340 e. The normalized spacial score (nSPS) is 20.0. The van der Waals surface area contributed by atoms with Crippen molar-refractivity contribution in [1.29, 1.82) is 0 Å². The maximum absolute atomic E-state index is 12.6. The van der Waals surface area contributed by atoms with Crippen molar-refractivity contribution in [1.82, 2.24) is 9.80 Å². The van der Waals surface area contributed by atoms with Crippen molar-refractivity contribution in [2.45, 2.75) is 45.3 Å². The molecule has 1 fully saturated rings. The topological polar surface area (TPSA) is 23.6 Å². The van der Waals surface area contributed by atoms with Crippen molar-refractivity contribution in [3.8, 4) is 11.1 Å². The van der Waals surface area contributed by atoms with Gasteiger partial charge in [0.05, 0.1) is 0 Å². The van der Waals surface area contributed by atoms with Crippen LogP contribution in [0, 0.1) is 0 Å². The van der Waals surface area contributed by atoms with E-state index in [9.17, 15) is 4.79 Å². The van der Waals surface area contributed by atoms with Gasteiger partial charge in [-0.25, -0.2) is 0 Å². The molecule has 0 bridgehead atoms. The van der Waals surface area contributed by atoms with Crippen LogP contribution >= 0.6 is 0 Å². The Labute approximate surface area is 150 Å². The Morgan fingerprint density at radius 1 is 1.00 bits per heavy atom. The van der Waals surface area contributed by atoms with E-state index >= 15 is 0 Å². The summed E-state index contributed by atoms with van der Waals surface area (Å²) in [6, 6.07) is 17.7. The lowest BCUT2D eigenvalue weighted by molar-refractivity contribution is -0.132. The molecule has 1 amide bonds. The second-order valence-electron chi connectivity index (χ2n) is 7.35. The highest BCUT2D eigenvalue weighted by atomic mass is 16.2. The molecule has 2 aromatic carbocycles. The number of likely N-dealkylation sites (tertiary alicyclic amines) is 1. The predicted octanol–water partition coefficient (Wildman–Crippen LogP) is 4.07. The van der Waals surface area contributed by atoms with Gasteiger partial charge in [-0.15, -0.1) is 0 Å². The average Bonchev–Trinajstić information content (AvgIpc) is 2.99. The molecule has 25 heavy (non-hydrogen) atoms. The fraction of sp³-hybridized carbons (Fsp3) is 0.409. The molecule has 2 aliphatic rings. The van der Waals surface area contributed by atoms with E-state index in [1.54, 1.807) is 0 Å². The first-order chi connectivity index (χ1) is 12.2. The first-order valence-corrected chi connectivity index (χ1v) is 9.40. The lowest BCUT2D eigenvalue weighted by Crippen LogP contribution is -2.36. The van der Waals surface area contributed by atoms with Gasteiger partial charge < -0.3 is 4.90 Å². The van der Waals surface area contributed by atoms with Crippen molar-refractivity contribution < 1.29 is 4.79 Å². The third-order valence-electron chi connectivity index (χ3n) is 5.63. The molecule has 0 radical (unpaired) electrons. The molecule has 3 heteroatoms. The first kappa shape index (κ1) is 16.3. The molecular formula is C22H26N2O. The standard InChI is InChI=1S/C22H26N2O/c1-17-7-6-13-24(17)22(25)12-14-23-15-18-8-2-4-10-20(18)21-11-5-3-9-19(21)16-23/h2-5,8-11,17H,6-7,12-16H2,1H3/t17-/m0/s1. The zero-order valence-electron chi connectivity index (χ0n) is 14.9. The molecule has 2 aromatic rings. The number of hydrogen-bond acceptors (Lipinski definition) is 2. The van der Waals surface area contributed by atoms with Gasteiger partial charge in [0.25, 0.3) is 0 Å². The monoisotopic (exact) mass is 334 g/mol. The zero-order chi connectivity index (χ0) is 17.2. The largest absolute Gasteiger partial charge is 0.340 e. The maximum atomic E-state index is 12.6. The first-order valence-electron chi connectivity index (χ1n) is 9.40. The Morgan fingerprint density at radius 2 is 1.60 bits per heavy atom. The van der Waals surface area contributed by atoms with E-state index in [0.29, 0.717) is 18.4 Å². The highest BCUT2D eigenvalue weighted by molar-refractivity contribution is 5.77. The highest BCUT2D eigenvalue weighted by Gasteiger charge is 2.26. The summed E-state index contributed by atoms with van der Waals surface area (Å²) in [4.78, 5) is 17.1. The van der Waals surface area contributed by atoms with Crippen LogP contribution in [0.4, 0.5) is 0 Å². The summed E-state index contributed by atoms with van der Waals surface area (Å²) in [5, 5.41) is 0. The smallest absolute Gasteiger partial charge is 0.224 e. The van der Waals surface area contributed by atoms with E-state index < -0.39 is 0 Å². The minimum atomic E-state index is 0.316. The zero-order valence-corrected chi connectivity index (χ0v) is 14.9. The summed E-state index contributed by atoms with van der Waals surface area (Å²) in [6.07, 6.45) is 2.92. The van der Waals surface area contributed by atoms with Crippen LogP contribution in [-0.2, 0) is 17.9 Å². The fourth-order valence-electron chi connectivity index (χ4n) is 4.24. The molecule has 0 spiro atoms. The highest BCUT2D eigenvalue weighted by Crippen LogP contribution is 2.32. The summed E-state index contributed by atoms with van der Waals surface area (Å²) < 4.78 is 0. The summed E-state index contributed by atoms with van der Waals surface area (Å²) in [5.41, 5.74) is 5.38. The van der Waals surface area contributed by atoms with Gasteiger partial charge in [0.2, 0.25) is 5.91 Å². The number of nitrogens with zero attached hydrogens (tertiary/aromatic N) is 2. The number of amides is 1. The van der Waals surface area contributed by atoms with Crippen LogP contribution in [0.2, 0.25) is 0 Å². The van der Waals surface area contributed by atoms with Crippen molar-refractivity contribution in [2.24, 2.45) is 0 Å². The average molecular weight is 334 g/mol. The van der Waals surface area contributed by atoms with Crippen LogP contribution in [0.25, 0.3) is 11.1 Å². The fourth-order valence-corrected chi connectivity index (χ4v) is 4.24. The molecule has 0 unspecified atom stereocenters. The third kappa shape index (κ3) is 3.34. The molecule has 3 nitrogen and oxygen atoms in total. The van der Waals surface area contributed by atoms with Gasteiger partial charge in [0.1, 0.15) is 0 Å². The van der Waals surface area contributed by atoms with E-state index in [1.807, 2.05) is 0 Å². The lowest BCUT2D eigenvalue weighted by atomic mass is 9.97. The number of fused-ring (bicyclic) bond motifs is 3. The minimum absolute atomic E-state index is 0.316. The van der Waals surface area contributed by atoms with E-state index in [4.69, 9.17) is 0 Å². The Morgan fingerprint density at radius 3 is 2.16 bits per heavy atom. The summed E-state index contributed by atoms with van der Waals surface area (Å²) in [5.74, 6) is 0.316. The van der Waals surface area contributed by atoms with Gasteiger partial charge in [0, 0.05) is 38.6 Å². The molecule has 1 atom stereocenters. The summed E-state index contributed by atoms with van der Waals surface area (Å²) in [7, 11) is 0. The van der Waals surface area contributed by atoms with Gasteiger partial charge in [-0.05, 0) is 42.0 Å². The van der Waals surface area contributed by atoms with Crippen molar-refractivity contribution in [3.63, 3.8) is 0 Å². The molecule has 0 aromatic heterocycles. The molecule has 0 aliphatic carbocycles. The van der Waals surface area contributed by atoms with Crippen LogP contribution in [0.15, 0.2) is 48.5 Å². The molecule has 1 saturated heterocycles. The van der Waals surface area contributed by atoms with Crippen molar-refractivity contribution >= 4 is 5.91 Å². The van der Waals surface area contributed by atoms with Crippen LogP contribution in [0.3, 0.4) is 0 Å². The number of rotatable bonds is 3. The SMILES string of the molecule is C[C@H]1CCCN1C(=O)CCN1Cc2ccccc2-c2ccccc2C1. The lowest BCUT2D eigenvalue weighted by Gasteiger charge is -2.25. The van der Waals surface area contributed by atoms with E-state index in [-0.39, 0.29) is 0 Å². The van der Waals surface area contributed by atoms with Crippen LogP contribution < -0.4 is 0 Å². The van der Waals surface area contributed by atoms with Gasteiger partial charge in [-0.2, -0.15) is 0 Å². The van der Waals surface area contributed by atoms with E-state index in [1.165, 1.54) is 22.3 Å². The predicted molar refractivity (Wildman–Crippen MR) is 101 cm³/mol. The number of carbonyl (C=O) groups excluding carboxylic acids is 1. The van der Waals surface area contributed by atoms with Crippen LogP contribution in [-0.4, -0.2) is 34.8 Å². The number of carbonyl (C=O) groups is 1. The van der Waals surface area contributed by atoms with Gasteiger partial charge >= 0.3 is 0 Å². The molecule has 2 aliphatic heterocycles. The quantitative estimate of drug-likeness (QED) is 0.845. The Balaban J connectivity index is 1.51. The third-order valence-corrected chi connectivity index (χ3v) is 5.63. The Kier molecular flexibility index (Phi) is 4.58. The van der Waals surface area contributed by atoms with Crippen molar-refractivity contribution in [2.75, 3.05) is 13.1 Å². The molecule has 2 heterocycles. The van der Waals surface area contributed by atoms with Gasteiger partial charge in [-0.3, -0.25) is 9.69 Å². The number of hydrogen-bond donors (Lipinski definition) is 0. The molecule has 0 N–H and O–H groups in total. The summed E-state index contributed by atoms with van der Waals surface area (Å²) in [6.45, 7) is 5.75. The molecular weight excluding hydrogens is 308 g/mol. The van der Waals surface area contributed by atoms with E-state index in [2.05, 4.69) is 65.3 Å². The van der Waals surface area contributed by atoms with E-state index in [0.717, 1.165) is 39.0 Å². The Bertz CT molecular complexity index is 723. The summed E-state index contributed by atoms with van der Waals surface area (Å²) >= 11 is 0. The maximum Gasteiger partial charge on any atom is 0.224 e. The van der Waals surface area contributed by atoms with Gasteiger partial charge in [-0.1, -0.05) is 48.5 Å². The van der Waals surface area contributed by atoms with Crippen LogP contribution in [0.1, 0.15) is 37.3 Å². The number of benzene rings is 2. The molecule has 130 valence electrons. The second kappa shape index (κ2) is 7.01. The molecule has 4 rings (SSSR count). The van der Waals surface area contributed by atoms with Crippen molar-refractivity contribution in [3.05, 3.63) is 59.7 Å².